The molecule has 0 aliphatic heterocycles. The van der Waals surface area contributed by atoms with E-state index in [9.17, 15) is 0 Å². The first kappa shape index (κ1) is 13.4. The molecule has 1 heterocycles. The van der Waals surface area contributed by atoms with Gasteiger partial charge in [-0.2, -0.15) is 0 Å². The van der Waals surface area contributed by atoms with Gasteiger partial charge in [-0.25, -0.2) is 4.98 Å². The second kappa shape index (κ2) is 5.73. The summed E-state index contributed by atoms with van der Waals surface area (Å²) in [5, 5.41) is 3.56. The van der Waals surface area contributed by atoms with Gasteiger partial charge in [0.15, 0.2) is 0 Å². The third kappa shape index (κ3) is 3.47. The van der Waals surface area contributed by atoms with Gasteiger partial charge in [0.2, 0.25) is 0 Å². The Kier molecular flexibility index (Phi) is 4.26. The first-order valence-corrected chi connectivity index (χ1v) is 7.26. The Morgan fingerprint density at radius 1 is 1.33 bits per heavy atom. The molecule has 0 aromatic carbocycles. The molecule has 1 aliphatic rings. The summed E-state index contributed by atoms with van der Waals surface area (Å²) in [6, 6.07) is 4.18. The second-order valence-electron chi connectivity index (χ2n) is 6.38. The number of pyridine rings is 1. The fourth-order valence-corrected chi connectivity index (χ4v) is 3.35. The Balaban J connectivity index is 1.97. The van der Waals surface area contributed by atoms with E-state index in [1.807, 2.05) is 12.3 Å². The maximum atomic E-state index is 4.40. The highest BCUT2D eigenvalue weighted by atomic mass is 15.0. The van der Waals surface area contributed by atoms with Gasteiger partial charge >= 0.3 is 0 Å². The molecule has 0 atom stereocenters. The predicted molar refractivity (Wildman–Crippen MR) is 77.8 cm³/mol. The molecule has 2 rings (SSSR count). The minimum absolute atomic E-state index is 0.513. The molecule has 0 saturated heterocycles. The number of hydrogen-bond donors (Lipinski definition) is 1. The number of anilines is 1. The molecular formula is C16H26N2. The lowest BCUT2D eigenvalue weighted by Gasteiger charge is -2.31. The lowest BCUT2D eigenvalue weighted by molar-refractivity contribution is 0.252. The standard InChI is InChI=1S/C16H26N2/c1-13(2)11-16(7-4-5-8-16)12-18-15-10-14(3)6-9-17-15/h6,9-10,13H,4-5,7-8,11-12H2,1-3H3,(H,17,18). The first-order valence-electron chi connectivity index (χ1n) is 7.26. The molecule has 100 valence electrons. The number of nitrogens with zero attached hydrogens (tertiary/aromatic N) is 1. The Hall–Kier alpha value is -1.05. The van der Waals surface area contributed by atoms with Crippen molar-refractivity contribution in [3.63, 3.8) is 0 Å². The van der Waals surface area contributed by atoms with Crippen LogP contribution < -0.4 is 5.32 Å². The van der Waals surface area contributed by atoms with Crippen molar-refractivity contribution in [2.45, 2.75) is 52.9 Å². The largest absolute Gasteiger partial charge is 0.370 e. The van der Waals surface area contributed by atoms with E-state index in [2.05, 4.69) is 37.1 Å². The van der Waals surface area contributed by atoms with Gasteiger partial charge in [0.1, 0.15) is 5.82 Å². The van der Waals surface area contributed by atoms with E-state index in [1.165, 1.54) is 37.7 Å². The summed E-state index contributed by atoms with van der Waals surface area (Å²) in [4.78, 5) is 4.40. The van der Waals surface area contributed by atoms with Crippen molar-refractivity contribution in [2.24, 2.45) is 11.3 Å². The molecule has 1 saturated carbocycles. The van der Waals surface area contributed by atoms with E-state index in [-0.39, 0.29) is 0 Å². The van der Waals surface area contributed by atoms with Crippen molar-refractivity contribution < 1.29 is 0 Å². The third-order valence-corrected chi connectivity index (χ3v) is 4.07. The zero-order chi connectivity index (χ0) is 13.0. The van der Waals surface area contributed by atoms with Gasteiger partial charge in [-0.15, -0.1) is 0 Å². The van der Waals surface area contributed by atoms with Crippen LogP contribution in [0.2, 0.25) is 0 Å². The normalized spacial score (nSPS) is 18.2. The minimum Gasteiger partial charge on any atom is -0.370 e. The summed E-state index contributed by atoms with van der Waals surface area (Å²) in [5.74, 6) is 1.82. The van der Waals surface area contributed by atoms with Crippen LogP contribution in [0.15, 0.2) is 18.3 Å². The molecule has 2 heteroatoms. The van der Waals surface area contributed by atoms with Gasteiger partial charge in [-0.05, 0) is 55.2 Å². The maximum absolute atomic E-state index is 4.40. The smallest absolute Gasteiger partial charge is 0.126 e. The predicted octanol–water partition coefficient (Wildman–Crippen LogP) is 4.41. The van der Waals surface area contributed by atoms with E-state index in [1.54, 1.807) is 0 Å². The molecule has 1 aliphatic carbocycles. The Morgan fingerprint density at radius 3 is 2.67 bits per heavy atom. The molecule has 0 bridgehead atoms. The average molecular weight is 246 g/mol. The fraction of sp³-hybridized carbons (Fsp3) is 0.688. The van der Waals surface area contributed by atoms with Crippen LogP contribution in [0.1, 0.15) is 51.5 Å². The van der Waals surface area contributed by atoms with Crippen LogP contribution in [-0.4, -0.2) is 11.5 Å². The highest BCUT2D eigenvalue weighted by molar-refractivity contribution is 5.37. The number of aryl methyl sites for hydroxylation is 1. The quantitative estimate of drug-likeness (QED) is 0.832. The van der Waals surface area contributed by atoms with Crippen LogP contribution in [0.4, 0.5) is 5.82 Å². The molecule has 0 amide bonds. The first-order chi connectivity index (χ1) is 8.60. The Morgan fingerprint density at radius 2 is 2.06 bits per heavy atom. The Labute approximate surface area is 111 Å². The molecule has 0 spiro atoms. The summed E-state index contributed by atoms with van der Waals surface area (Å²) in [6.45, 7) is 7.88. The van der Waals surface area contributed by atoms with Crippen LogP contribution in [0.5, 0.6) is 0 Å². The fourth-order valence-electron chi connectivity index (χ4n) is 3.35. The second-order valence-corrected chi connectivity index (χ2v) is 6.38. The SMILES string of the molecule is Cc1ccnc(NCC2(CC(C)C)CCCC2)c1. The van der Waals surface area contributed by atoms with Crippen LogP contribution >= 0.6 is 0 Å². The van der Waals surface area contributed by atoms with Gasteiger partial charge in [0.05, 0.1) is 0 Å². The van der Waals surface area contributed by atoms with Gasteiger partial charge < -0.3 is 5.32 Å². The van der Waals surface area contributed by atoms with Crippen molar-refractivity contribution >= 4 is 5.82 Å². The molecule has 18 heavy (non-hydrogen) atoms. The van der Waals surface area contributed by atoms with E-state index < -0.39 is 0 Å². The van der Waals surface area contributed by atoms with E-state index in [4.69, 9.17) is 0 Å². The van der Waals surface area contributed by atoms with Gasteiger partial charge in [0, 0.05) is 12.7 Å². The van der Waals surface area contributed by atoms with Crippen molar-refractivity contribution in [3.8, 4) is 0 Å². The summed E-state index contributed by atoms with van der Waals surface area (Å²) in [7, 11) is 0. The van der Waals surface area contributed by atoms with Crippen molar-refractivity contribution in [1.29, 1.82) is 0 Å². The minimum atomic E-state index is 0.513. The molecule has 2 nitrogen and oxygen atoms in total. The van der Waals surface area contributed by atoms with E-state index in [0.29, 0.717) is 5.41 Å². The van der Waals surface area contributed by atoms with Gasteiger partial charge in [-0.3, -0.25) is 0 Å². The van der Waals surface area contributed by atoms with Crippen LogP contribution in [0.3, 0.4) is 0 Å². The molecule has 1 aromatic heterocycles. The van der Waals surface area contributed by atoms with Gasteiger partial charge in [-0.1, -0.05) is 26.7 Å². The number of aromatic nitrogens is 1. The Bertz CT molecular complexity index is 378. The highest BCUT2D eigenvalue weighted by Gasteiger charge is 2.34. The van der Waals surface area contributed by atoms with E-state index >= 15 is 0 Å². The monoisotopic (exact) mass is 246 g/mol. The highest BCUT2D eigenvalue weighted by Crippen LogP contribution is 2.43. The maximum Gasteiger partial charge on any atom is 0.126 e. The summed E-state index contributed by atoms with van der Waals surface area (Å²) in [5.41, 5.74) is 1.79. The van der Waals surface area contributed by atoms with E-state index in [0.717, 1.165) is 18.3 Å². The average Bonchev–Trinajstić information content (AvgIpc) is 2.75. The van der Waals surface area contributed by atoms with Crippen LogP contribution in [0, 0.1) is 18.3 Å². The zero-order valence-corrected chi connectivity index (χ0v) is 12.0. The summed E-state index contributed by atoms with van der Waals surface area (Å²) < 4.78 is 0. The lowest BCUT2D eigenvalue weighted by atomic mass is 9.78. The summed E-state index contributed by atoms with van der Waals surface area (Å²) >= 11 is 0. The molecule has 1 aromatic rings. The topological polar surface area (TPSA) is 24.9 Å². The molecular weight excluding hydrogens is 220 g/mol. The zero-order valence-electron chi connectivity index (χ0n) is 12.0. The molecule has 1 N–H and O–H groups in total. The molecule has 0 radical (unpaired) electrons. The van der Waals surface area contributed by atoms with Crippen LogP contribution in [-0.2, 0) is 0 Å². The lowest BCUT2D eigenvalue weighted by Crippen LogP contribution is -2.28. The van der Waals surface area contributed by atoms with Crippen molar-refractivity contribution in [3.05, 3.63) is 23.9 Å². The number of hydrogen-bond acceptors (Lipinski definition) is 2. The number of nitrogens with one attached hydrogen (secondary N) is 1. The molecule has 1 fully saturated rings. The van der Waals surface area contributed by atoms with Gasteiger partial charge in [0.25, 0.3) is 0 Å². The van der Waals surface area contributed by atoms with Crippen molar-refractivity contribution in [1.82, 2.24) is 4.98 Å². The van der Waals surface area contributed by atoms with Crippen molar-refractivity contribution in [2.75, 3.05) is 11.9 Å². The number of rotatable bonds is 5. The molecule has 0 unspecified atom stereocenters. The van der Waals surface area contributed by atoms with Crippen LogP contribution in [0.25, 0.3) is 0 Å². The third-order valence-electron chi connectivity index (χ3n) is 4.07. The summed E-state index contributed by atoms with van der Waals surface area (Å²) in [6.07, 6.45) is 8.78.